The van der Waals surface area contributed by atoms with Crippen LogP contribution in [0.25, 0.3) is 22.6 Å². The van der Waals surface area contributed by atoms with Crippen LogP contribution in [0.4, 0.5) is 0 Å². The second-order valence-electron chi connectivity index (χ2n) is 3.88. The molecule has 0 saturated carbocycles. The van der Waals surface area contributed by atoms with Gasteiger partial charge < -0.3 is 4.74 Å². The zero-order valence-corrected chi connectivity index (χ0v) is 10.4. The molecule has 0 bridgehead atoms. The molecule has 0 saturated heterocycles. The highest BCUT2D eigenvalue weighted by molar-refractivity contribution is 5.77. The molecule has 1 aromatic carbocycles. The lowest BCUT2D eigenvalue weighted by Crippen LogP contribution is -2.01. The number of nitrogens with zero attached hydrogens (tertiary/aromatic N) is 4. The van der Waals surface area contributed by atoms with E-state index in [1.807, 2.05) is 37.3 Å². The molecule has 0 atom stereocenters. The van der Waals surface area contributed by atoms with Gasteiger partial charge >= 0.3 is 0 Å². The molecule has 0 spiro atoms. The van der Waals surface area contributed by atoms with Crippen LogP contribution in [0.1, 0.15) is 6.92 Å². The van der Waals surface area contributed by atoms with Gasteiger partial charge in [-0.15, -0.1) is 0 Å². The summed E-state index contributed by atoms with van der Waals surface area (Å²) in [6.07, 6.45) is 3.22. The maximum atomic E-state index is 5.53. The third-order valence-electron chi connectivity index (χ3n) is 2.61. The Morgan fingerprint density at radius 3 is 2.58 bits per heavy atom. The smallest absolute Gasteiger partial charge is 0.246 e. The fourth-order valence-electron chi connectivity index (χ4n) is 1.79. The molecule has 0 aliphatic heterocycles. The summed E-state index contributed by atoms with van der Waals surface area (Å²) in [6.45, 7) is 2.43. The lowest BCUT2D eigenvalue weighted by Gasteiger charge is -2.07. The van der Waals surface area contributed by atoms with Crippen LogP contribution < -0.4 is 4.74 Å². The Bertz CT molecular complexity index is 700. The van der Waals surface area contributed by atoms with Crippen molar-refractivity contribution in [2.45, 2.75) is 6.92 Å². The van der Waals surface area contributed by atoms with Crippen LogP contribution in [0.3, 0.4) is 0 Å². The Hall–Kier alpha value is -2.56. The van der Waals surface area contributed by atoms with E-state index in [2.05, 4.69) is 19.9 Å². The van der Waals surface area contributed by atoms with E-state index in [-0.39, 0.29) is 0 Å². The predicted octanol–water partition coefficient (Wildman–Crippen LogP) is 2.49. The van der Waals surface area contributed by atoms with E-state index < -0.39 is 0 Å². The normalized spacial score (nSPS) is 10.6. The molecule has 5 nitrogen and oxygen atoms in total. The van der Waals surface area contributed by atoms with Crippen LogP contribution in [0.5, 0.6) is 5.88 Å². The van der Waals surface area contributed by atoms with Gasteiger partial charge in [0.1, 0.15) is 0 Å². The molecule has 5 heteroatoms. The Morgan fingerprint density at radius 1 is 1.00 bits per heavy atom. The summed E-state index contributed by atoms with van der Waals surface area (Å²) in [6, 6.07) is 9.74. The van der Waals surface area contributed by atoms with Crippen LogP contribution >= 0.6 is 0 Å². The minimum Gasteiger partial charge on any atom is -0.476 e. The molecule has 0 aliphatic rings. The van der Waals surface area contributed by atoms with Gasteiger partial charge in [0.15, 0.2) is 17.0 Å². The highest BCUT2D eigenvalue weighted by Gasteiger charge is 2.11. The first-order chi connectivity index (χ1) is 9.38. The van der Waals surface area contributed by atoms with Crippen molar-refractivity contribution < 1.29 is 4.74 Å². The molecule has 3 rings (SSSR count). The number of aromatic nitrogens is 4. The Morgan fingerprint density at radius 2 is 1.79 bits per heavy atom. The van der Waals surface area contributed by atoms with Gasteiger partial charge in [0.25, 0.3) is 0 Å². The zero-order chi connectivity index (χ0) is 13.1. The average Bonchev–Trinajstić information content (AvgIpc) is 2.48. The fourth-order valence-corrected chi connectivity index (χ4v) is 1.79. The van der Waals surface area contributed by atoms with E-state index in [0.717, 1.165) is 5.56 Å². The van der Waals surface area contributed by atoms with Gasteiger partial charge in [0.2, 0.25) is 5.88 Å². The lowest BCUT2D eigenvalue weighted by atomic mass is 10.2. The molecular weight excluding hydrogens is 240 g/mol. The monoisotopic (exact) mass is 252 g/mol. The number of hydrogen-bond donors (Lipinski definition) is 0. The van der Waals surface area contributed by atoms with Crippen molar-refractivity contribution >= 4 is 11.2 Å². The maximum Gasteiger partial charge on any atom is 0.246 e. The van der Waals surface area contributed by atoms with E-state index in [1.54, 1.807) is 12.4 Å². The van der Waals surface area contributed by atoms with E-state index >= 15 is 0 Å². The van der Waals surface area contributed by atoms with Gasteiger partial charge in [-0.2, -0.15) is 4.98 Å². The number of hydrogen-bond acceptors (Lipinski definition) is 5. The summed E-state index contributed by atoms with van der Waals surface area (Å²) in [5.41, 5.74) is 2.06. The van der Waals surface area contributed by atoms with Crippen molar-refractivity contribution in [3.8, 4) is 17.3 Å². The predicted molar refractivity (Wildman–Crippen MR) is 71.7 cm³/mol. The molecule has 2 aromatic heterocycles. The van der Waals surface area contributed by atoms with Crippen molar-refractivity contribution in [3.05, 3.63) is 42.7 Å². The number of fused-ring (bicyclic) bond motifs is 1. The second-order valence-corrected chi connectivity index (χ2v) is 3.88. The summed E-state index contributed by atoms with van der Waals surface area (Å²) in [4.78, 5) is 17.3. The number of ether oxygens (including phenoxy) is 1. The van der Waals surface area contributed by atoms with E-state index in [4.69, 9.17) is 4.74 Å². The highest BCUT2D eigenvalue weighted by atomic mass is 16.5. The van der Waals surface area contributed by atoms with Crippen molar-refractivity contribution in [2.24, 2.45) is 0 Å². The second kappa shape index (κ2) is 4.97. The van der Waals surface area contributed by atoms with Crippen molar-refractivity contribution in [1.29, 1.82) is 0 Å². The van der Waals surface area contributed by atoms with Gasteiger partial charge in [-0.3, -0.25) is 0 Å². The molecule has 0 aliphatic carbocycles. The largest absolute Gasteiger partial charge is 0.476 e. The lowest BCUT2D eigenvalue weighted by molar-refractivity contribution is 0.330. The minimum absolute atomic E-state index is 0.472. The van der Waals surface area contributed by atoms with Crippen LogP contribution in [0, 0.1) is 0 Å². The minimum atomic E-state index is 0.472. The zero-order valence-electron chi connectivity index (χ0n) is 10.4. The van der Waals surface area contributed by atoms with Gasteiger partial charge in [0.05, 0.1) is 6.61 Å². The molecule has 0 radical (unpaired) electrons. The summed E-state index contributed by atoms with van der Waals surface area (Å²) in [7, 11) is 0. The van der Waals surface area contributed by atoms with Crippen LogP contribution in [0.15, 0.2) is 42.7 Å². The van der Waals surface area contributed by atoms with Crippen LogP contribution in [-0.2, 0) is 0 Å². The van der Waals surface area contributed by atoms with E-state index in [1.165, 1.54) is 0 Å². The summed E-state index contributed by atoms with van der Waals surface area (Å²) in [5.74, 6) is 1.07. The quantitative estimate of drug-likeness (QED) is 0.716. The Kier molecular flexibility index (Phi) is 3.02. The SMILES string of the molecule is CCOc1nc(-c2ccccc2)nc2nccnc12. The molecule has 94 valence electrons. The Labute approximate surface area is 110 Å². The molecule has 0 N–H and O–H groups in total. The summed E-state index contributed by atoms with van der Waals surface area (Å²) < 4.78 is 5.53. The van der Waals surface area contributed by atoms with E-state index in [0.29, 0.717) is 29.5 Å². The third kappa shape index (κ3) is 2.22. The third-order valence-corrected chi connectivity index (χ3v) is 2.61. The topological polar surface area (TPSA) is 60.8 Å². The van der Waals surface area contributed by atoms with Gasteiger partial charge in [0, 0.05) is 18.0 Å². The van der Waals surface area contributed by atoms with Crippen LogP contribution in [0.2, 0.25) is 0 Å². The van der Waals surface area contributed by atoms with Crippen LogP contribution in [-0.4, -0.2) is 26.5 Å². The van der Waals surface area contributed by atoms with E-state index in [9.17, 15) is 0 Å². The van der Waals surface area contributed by atoms with Gasteiger partial charge in [-0.05, 0) is 6.92 Å². The first kappa shape index (κ1) is 11.5. The fraction of sp³-hybridized carbons (Fsp3) is 0.143. The number of rotatable bonds is 3. The summed E-state index contributed by atoms with van der Waals surface area (Å²) >= 11 is 0. The molecule has 3 aromatic rings. The van der Waals surface area contributed by atoms with Gasteiger partial charge in [-0.25, -0.2) is 15.0 Å². The Balaban J connectivity index is 2.22. The van der Waals surface area contributed by atoms with Crippen molar-refractivity contribution in [1.82, 2.24) is 19.9 Å². The molecular formula is C14H12N4O. The molecule has 2 heterocycles. The maximum absolute atomic E-state index is 5.53. The van der Waals surface area contributed by atoms with Crippen molar-refractivity contribution in [3.63, 3.8) is 0 Å². The first-order valence-electron chi connectivity index (χ1n) is 6.05. The standard InChI is InChI=1S/C14H12N4O/c1-2-19-14-11-13(16-9-8-15-11)17-12(18-14)10-6-4-3-5-7-10/h3-9H,2H2,1H3. The molecule has 0 amide bonds. The molecule has 0 unspecified atom stereocenters. The first-order valence-corrected chi connectivity index (χ1v) is 6.05. The summed E-state index contributed by atoms with van der Waals surface area (Å²) in [5, 5.41) is 0. The number of benzene rings is 1. The molecule has 19 heavy (non-hydrogen) atoms. The van der Waals surface area contributed by atoms with Gasteiger partial charge in [-0.1, -0.05) is 30.3 Å². The van der Waals surface area contributed by atoms with Crippen molar-refractivity contribution in [2.75, 3.05) is 6.61 Å². The molecule has 0 fully saturated rings. The highest BCUT2D eigenvalue weighted by Crippen LogP contribution is 2.23. The average molecular weight is 252 g/mol.